The summed E-state index contributed by atoms with van der Waals surface area (Å²) in [5.74, 6) is 0. The maximum atomic E-state index is 9.32. The van der Waals surface area contributed by atoms with Crippen molar-refractivity contribution in [3.8, 4) is 0 Å². The predicted molar refractivity (Wildman–Crippen MR) is 29.6 cm³/mol. The molecular weight excluding hydrogens is 671 g/mol. The molecule has 0 aromatic rings. The molecule has 0 aliphatic carbocycles. The van der Waals surface area contributed by atoms with Gasteiger partial charge in [-0.25, -0.2) is 0 Å². The molecule has 0 N–H and O–H groups in total. The molecule has 25 heavy (non-hydrogen) atoms. The van der Waals surface area contributed by atoms with Crippen molar-refractivity contribution in [2.75, 3.05) is 0 Å². The third kappa shape index (κ3) is 114. The predicted octanol–water partition coefficient (Wildman–Crippen LogP) is -49.9. The van der Waals surface area contributed by atoms with Crippen LogP contribution in [0.3, 0.4) is 0 Å². The molecular formula is H12K8Na8O7P2. The molecule has 0 spiro atoms. The van der Waals surface area contributed by atoms with Gasteiger partial charge in [-0.1, -0.05) is 0 Å². The summed E-state index contributed by atoms with van der Waals surface area (Å²) < 4.78 is 21.2. The van der Waals surface area contributed by atoms with E-state index in [0.717, 1.165) is 0 Å². The summed E-state index contributed by atoms with van der Waals surface area (Å²) in [6, 6.07) is 0. The number of hydrogen-bond acceptors (Lipinski definition) is 7. The van der Waals surface area contributed by atoms with Gasteiger partial charge in [0, 0.05) is 0 Å². The molecule has 0 atom stereocenters. The van der Waals surface area contributed by atoms with Gasteiger partial charge < -0.3 is 50.1 Å². The Bertz CT molecular complexity index is 221. The van der Waals surface area contributed by atoms with Crippen molar-refractivity contribution in [1.29, 1.82) is 0 Å². The first-order chi connectivity index (χ1) is 3.71. The topological polar surface area (TPSA) is 136 Å². The molecule has 0 unspecified atom stereocenters. The van der Waals surface area contributed by atoms with Crippen LogP contribution in [0, 0.1) is 0 Å². The monoisotopic (exact) mass is 682 g/mol. The first-order valence-electron chi connectivity index (χ1n) is 1.46. The Morgan fingerprint density at radius 2 is 0.520 bits per heavy atom. The van der Waals surface area contributed by atoms with Crippen LogP contribution in [-0.4, -0.2) is 0 Å². The molecule has 25 heteroatoms. The van der Waals surface area contributed by atoms with Gasteiger partial charge in [-0.2, -0.15) is 0 Å². The van der Waals surface area contributed by atoms with Crippen LogP contribution in [0.4, 0.5) is 0 Å². The molecule has 0 aliphatic rings. The Hall–Kier alpha value is 21.4. The van der Waals surface area contributed by atoms with E-state index in [4.69, 9.17) is 0 Å². The van der Waals surface area contributed by atoms with E-state index < -0.39 is 15.6 Å². The Kier molecular flexibility index (Phi) is 335. The van der Waals surface area contributed by atoms with E-state index in [1.807, 2.05) is 0 Å². The first-order valence-corrected chi connectivity index (χ1v) is 4.38. The number of hydrogen-bond donors (Lipinski definition) is 0. The van der Waals surface area contributed by atoms with Crippen molar-refractivity contribution in [3.63, 3.8) is 0 Å². The van der Waals surface area contributed by atoms with E-state index in [1.54, 1.807) is 0 Å². The van der Waals surface area contributed by atoms with Gasteiger partial charge in [-0.05, 0) is 0 Å². The van der Waals surface area contributed by atoms with Gasteiger partial charge in [-0.15, -0.1) is 0 Å². The third-order valence-electron chi connectivity index (χ3n) is 0.200. The minimum Gasteiger partial charge on any atom is -1.00 e. The molecule has 0 saturated carbocycles. The zero-order valence-electron chi connectivity index (χ0n) is 31.8. The van der Waals surface area contributed by atoms with Gasteiger partial charge >= 0.3 is 648 Å². The van der Waals surface area contributed by atoms with Gasteiger partial charge in [0.1, 0.15) is 0 Å². The van der Waals surface area contributed by atoms with Crippen molar-refractivity contribution in [3.05, 3.63) is 0 Å². The van der Waals surface area contributed by atoms with E-state index in [-0.39, 0.29) is 665 Å². The van der Waals surface area contributed by atoms with Crippen LogP contribution in [0.15, 0.2) is 0 Å². The molecule has 0 bridgehead atoms. The Morgan fingerprint density at radius 3 is 0.520 bits per heavy atom. The molecule has 80 valence electrons. The third-order valence-corrected chi connectivity index (χ3v) is 1.80. The Balaban J connectivity index is -0.000000000847. The fourth-order valence-electron chi connectivity index (χ4n) is 0.122. The largest absolute Gasteiger partial charge is 1.00 e. The zero-order valence-corrected chi connectivity index (χ0v) is 62.5. The van der Waals surface area contributed by atoms with Gasteiger partial charge in [-0.3, -0.25) is 0 Å². The summed E-state index contributed by atoms with van der Waals surface area (Å²) in [6.07, 6.45) is 0. The van der Waals surface area contributed by atoms with E-state index >= 15 is 0 Å². The van der Waals surface area contributed by atoms with Crippen molar-refractivity contribution >= 4 is 15.6 Å². The standard InChI is InChI=1S/8K.8Na.H4O7P2.12H/c;;;;;;;;;;;;;;;;1-8(2,3)7-9(4,5)6;;;;;;;;;;;;/h;;;;;;;;;;;;;;;;(H2,1,2,3)(H2,4,5,6);;;;;;;;;;;;/q16*+1;;12*-1/p-4. The number of phosphoric acid groups is 2. The molecule has 0 saturated heterocycles. The van der Waals surface area contributed by atoms with Crippen LogP contribution in [0.5, 0.6) is 0 Å². The van der Waals surface area contributed by atoms with Crippen LogP contribution < -0.4 is 667 Å². The van der Waals surface area contributed by atoms with Crippen LogP contribution in [-0.2, 0) is 13.4 Å². The van der Waals surface area contributed by atoms with Crippen LogP contribution in [0.1, 0.15) is 17.1 Å². The fraction of sp³-hybridized carbons (Fsp3) is 0. The van der Waals surface area contributed by atoms with Gasteiger partial charge in [0.2, 0.25) is 0 Å². The Morgan fingerprint density at radius 1 is 0.440 bits per heavy atom. The van der Waals surface area contributed by atoms with Crippen LogP contribution in [0.2, 0.25) is 0 Å². The number of rotatable bonds is 2. The summed E-state index contributed by atoms with van der Waals surface area (Å²) >= 11 is 0. The normalized spacial score (nSPS) is 4.96. The molecule has 0 aliphatic heterocycles. The average molecular weight is 683 g/mol. The SMILES string of the molecule is O=P([O-])([O-])OP(=O)([O-])[O-].[H-].[H-].[H-].[H-].[H-].[H-].[H-].[H-].[H-].[H-].[H-].[H-].[K+].[K+].[K+].[K+].[K+].[K+].[K+].[K+].[Na+].[Na+].[Na+].[Na+].[Na+].[Na+].[Na+].[Na+]. The second kappa shape index (κ2) is 75.6. The minimum absolute atomic E-state index is 0. The summed E-state index contributed by atoms with van der Waals surface area (Å²) in [6.45, 7) is 0. The van der Waals surface area contributed by atoms with E-state index in [9.17, 15) is 28.7 Å². The molecule has 0 heterocycles. The maximum Gasteiger partial charge on any atom is 1.00 e. The summed E-state index contributed by atoms with van der Waals surface area (Å²) in [5.41, 5.74) is 0. The minimum atomic E-state index is -5.68. The van der Waals surface area contributed by atoms with Crippen LogP contribution in [0.25, 0.3) is 0 Å². The molecule has 0 rings (SSSR count). The molecule has 0 aromatic heterocycles. The molecule has 0 radical (unpaired) electrons. The van der Waals surface area contributed by atoms with Crippen LogP contribution >= 0.6 is 15.6 Å². The first kappa shape index (κ1) is 111. The van der Waals surface area contributed by atoms with Gasteiger partial charge in [0.15, 0.2) is 0 Å². The summed E-state index contributed by atoms with van der Waals surface area (Å²) in [5, 5.41) is 0. The maximum absolute atomic E-state index is 9.32. The fourth-order valence-corrected chi connectivity index (χ4v) is 1.10. The second-order valence-electron chi connectivity index (χ2n) is 0.976. The van der Waals surface area contributed by atoms with E-state index in [1.165, 1.54) is 0 Å². The quantitative estimate of drug-likeness (QED) is 0.209. The smallest absolute Gasteiger partial charge is 1.00 e. The van der Waals surface area contributed by atoms with E-state index in [0.29, 0.717) is 0 Å². The second-order valence-corrected chi connectivity index (χ2v) is 3.42. The molecule has 7 nitrogen and oxygen atoms in total. The molecule has 0 amide bonds. The van der Waals surface area contributed by atoms with Gasteiger partial charge in [0.05, 0.1) is 15.6 Å². The zero-order chi connectivity index (χ0) is 7.71. The van der Waals surface area contributed by atoms with Crippen molar-refractivity contribution < 1.29 is 698 Å². The van der Waals surface area contributed by atoms with Crippen molar-refractivity contribution in [2.24, 2.45) is 0 Å². The summed E-state index contributed by atoms with van der Waals surface area (Å²) in [4.78, 5) is 37.3. The van der Waals surface area contributed by atoms with Crippen molar-refractivity contribution in [2.45, 2.75) is 0 Å². The van der Waals surface area contributed by atoms with Gasteiger partial charge in [0.25, 0.3) is 0 Å². The van der Waals surface area contributed by atoms with Crippen molar-refractivity contribution in [1.82, 2.24) is 0 Å². The van der Waals surface area contributed by atoms with E-state index in [2.05, 4.69) is 4.31 Å². The molecule has 0 fully saturated rings. The average Bonchev–Trinajstić information content (AvgIpc) is 1.14. The Labute approximate surface area is 686 Å². The summed E-state index contributed by atoms with van der Waals surface area (Å²) in [7, 11) is -11.4. The molecule has 0 aromatic carbocycles.